The third kappa shape index (κ3) is 4.15. The summed E-state index contributed by atoms with van der Waals surface area (Å²) in [6, 6.07) is 9.00. The summed E-state index contributed by atoms with van der Waals surface area (Å²) in [7, 11) is 0. The van der Waals surface area contributed by atoms with Crippen LogP contribution in [0, 0.1) is 0 Å². The number of azide groups is 1. The average Bonchev–Trinajstić information content (AvgIpc) is 2.49. The first-order valence-corrected chi connectivity index (χ1v) is 6.51. The van der Waals surface area contributed by atoms with E-state index in [1.807, 2.05) is 30.3 Å². The number of rotatable bonds is 4. The third-order valence-corrected chi connectivity index (χ3v) is 3.17. The zero-order chi connectivity index (χ0) is 14.2. The maximum Gasteiger partial charge on any atom is 0.407 e. The molecule has 0 aromatic heterocycles. The molecule has 1 aliphatic heterocycles. The first-order chi connectivity index (χ1) is 9.79. The second-order valence-corrected chi connectivity index (χ2v) is 4.58. The van der Waals surface area contributed by atoms with Crippen molar-refractivity contribution < 1.29 is 9.53 Å². The van der Waals surface area contributed by atoms with E-state index in [1.165, 1.54) is 0 Å². The van der Waals surface area contributed by atoms with Crippen LogP contribution in [0.25, 0.3) is 10.4 Å². The molecule has 7 nitrogen and oxygen atoms in total. The zero-order valence-corrected chi connectivity index (χ0v) is 11.0. The summed E-state index contributed by atoms with van der Waals surface area (Å²) >= 11 is 0. The van der Waals surface area contributed by atoms with Gasteiger partial charge in [0.25, 0.3) is 0 Å². The summed E-state index contributed by atoms with van der Waals surface area (Å²) in [5, 5.41) is 9.57. The normalized spacial score (nSPS) is 21.6. The standard InChI is InChI=1S/C13H17N5O2/c14-18-17-12-8-15-7-6-11(12)16-13(19)20-9-10-4-2-1-3-5-10/h1-5,11-12,15H,6-9H2,(H,16,19)/t11-,12+/m1/s1. The summed E-state index contributed by atoms with van der Waals surface area (Å²) < 4.78 is 5.15. The Morgan fingerprint density at radius 1 is 1.50 bits per heavy atom. The Bertz CT molecular complexity index is 487. The van der Waals surface area contributed by atoms with Crippen molar-refractivity contribution >= 4 is 6.09 Å². The largest absolute Gasteiger partial charge is 0.445 e. The van der Waals surface area contributed by atoms with Crippen LogP contribution < -0.4 is 10.6 Å². The molecule has 20 heavy (non-hydrogen) atoms. The SMILES string of the molecule is [N-]=[N+]=N[C@H]1CNCC[C@H]1NC(=O)OCc1ccccc1. The fourth-order valence-corrected chi connectivity index (χ4v) is 2.11. The van der Waals surface area contributed by atoms with Gasteiger partial charge in [-0.2, -0.15) is 0 Å². The third-order valence-electron chi connectivity index (χ3n) is 3.17. The van der Waals surface area contributed by atoms with Crippen molar-refractivity contribution in [3.8, 4) is 0 Å². The molecule has 0 radical (unpaired) electrons. The van der Waals surface area contributed by atoms with Gasteiger partial charge < -0.3 is 15.4 Å². The van der Waals surface area contributed by atoms with Gasteiger partial charge in [0.05, 0.1) is 6.04 Å². The van der Waals surface area contributed by atoms with Gasteiger partial charge in [-0.15, -0.1) is 0 Å². The lowest BCUT2D eigenvalue weighted by Gasteiger charge is -2.29. The van der Waals surface area contributed by atoms with Gasteiger partial charge in [-0.05, 0) is 24.1 Å². The molecule has 0 bridgehead atoms. The second kappa shape index (κ2) is 7.37. The van der Waals surface area contributed by atoms with Crippen LogP contribution in [0.2, 0.25) is 0 Å². The number of ether oxygens (including phenoxy) is 1. The molecule has 2 rings (SSSR count). The maximum absolute atomic E-state index is 11.7. The molecular formula is C13H17N5O2. The van der Waals surface area contributed by atoms with Crippen molar-refractivity contribution in [3.63, 3.8) is 0 Å². The highest BCUT2D eigenvalue weighted by molar-refractivity contribution is 5.67. The lowest BCUT2D eigenvalue weighted by molar-refractivity contribution is 0.132. The molecular weight excluding hydrogens is 258 g/mol. The monoisotopic (exact) mass is 275 g/mol. The van der Waals surface area contributed by atoms with E-state index in [4.69, 9.17) is 10.3 Å². The number of alkyl carbamates (subject to hydrolysis) is 1. The van der Waals surface area contributed by atoms with E-state index >= 15 is 0 Å². The highest BCUT2D eigenvalue weighted by Crippen LogP contribution is 2.09. The summed E-state index contributed by atoms with van der Waals surface area (Å²) in [5.74, 6) is 0. The molecule has 2 atom stereocenters. The Hall–Kier alpha value is -2.24. The minimum atomic E-state index is -0.487. The van der Waals surface area contributed by atoms with Crippen molar-refractivity contribution in [2.45, 2.75) is 25.1 Å². The quantitative estimate of drug-likeness (QED) is 0.499. The topological polar surface area (TPSA) is 99.1 Å². The fraction of sp³-hybridized carbons (Fsp3) is 0.462. The van der Waals surface area contributed by atoms with Crippen molar-refractivity contribution in [3.05, 3.63) is 46.3 Å². The molecule has 1 fully saturated rings. The van der Waals surface area contributed by atoms with Crippen LogP contribution in [0.4, 0.5) is 4.79 Å². The molecule has 1 heterocycles. The molecule has 1 saturated heterocycles. The van der Waals surface area contributed by atoms with Crippen LogP contribution in [0.3, 0.4) is 0 Å². The average molecular weight is 275 g/mol. The Kier molecular flexibility index (Phi) is 5.23. The molecule has 1 aromatic carbocycles. The van der Waals surface area contributed by atoms with Crippen LogP contribution in [0.5, 0.6) is 0 Å². The molecule has 1 aromatic rings. The minimum Gasteiger partial charge on any atom is -0.445 e. The van der Waals surface area contributed by atoms with Gasteiger partial charge in [-0.25, -0.2) is 4.79 Å². The van der Waals surface area contributed by atoms with E-state index in [0.717, 1.165) is 12.1 Å². The van der Waals surface area contributed by atoms with E-state index in [9.17, 15) is 4.79 Å². The first kappa shape index (κ1) is 14.2. The summed E-state index contributed by atoms with van der Waals surface area (Å²) in [5.41, 5.74) is 9.44. The van der Waals surface area contributed by atoms with E-state index < -0.39 is 6.09 Å². The van der Waals surface area contributed by atoms with Crippen LogP contribution in [0.15, 0.2) is 35.4 Å². The smallest absolute Gasteiger partial charge is 0.407 e. The molecule has 2 N–H and O–H groups in total. The molecule has 0 saturated carbocycles. The lowest BCUT2D eigenvalue weighted by Crippen LogP contribution is -2.51. The predicted molar refractivity (Wildman–Crippen MR) is 74.0 cm³/mol. The minimum absolute atomic E-state index is 0.185. The summed E-state index contributed by atoms with van der Waals surface area (Å²) in [6.45, 7) is 1.57. The highest BCUT2D eigenvalue weighted by atomic mass is 16.5. The van der Waals surface area contributed by atoms with Gasteiger partial charge in [0.2, 0.25) is 0 Å². The van der Waals surface area contributed by atoms with Crippen LogP contribution >= 0.6 is 0 Å². The number of nitrogens with one attached hydrogen (secondary N) is 2. The summed E-state index contributed by atoms with van der Waals surface area (Å²) in [6.07, 6.45) is 0.225. The van der Waals surface area contributed by atoms with Gasteiger partial charge in [0.15, 0.2) is 0 Å². The van der Waals surface area contributed by atoms with Crippen molar-refractivity contribution in [2.75, 3.05) is 13.1 Å². The van der Waals surface area contributed by atoms with Gasteiger partial charge in [-0.3, -0.25) is 0 Å². The van der Waals surface area contributed by atoms with Crippen molar-refractivity contribution in [2.24, 2.45) is 5.11 Å². The van der Waals surface area contributed by atoms with E-state index in [-0.39, 0.29) is 18.7 Å². The van der Waals surface area contributed by atoms with Crippen LogP contribution in [-0.2, 0) is 11.3 Å². The lowest BCUT2D eigenvalue weighted by atomic mass is 10.0. The van der Waals surface area contributed by atoms with Gasteiger partial charge >= 0.3 is 6.09 Å². The highest BCUT2D eigenvalue weighted by Gasteiger charge is 2.25. The number of benzene rings is 1. The van der Waals surface area contributed by atoms with Crippen molar-refractivity contribution in [1.29, 1.82) is 0 Å². The van der Waals surface area contributed by atoms with Crippen LogP contribution in [0.1, 0.15) is 12.0 Å². The molecule has 0 aliphatic carbocycles. The van der Waals surface area contributed by atoms with E-state index in [2.05, 4.69) is 20.7 Å². The Balaban J connectivity index is 1.82. The fourth-order valence-electron chi connectivity index (χ4n) is 2.11. The maximum atomic E-state index is 11.7. The van der Waals surface area contributed by atoms with Crippen molar-refractivity contribution in [1.82, 2.24) is 10.6 Å². The number of amides is 1. The number of nitrogens with zero attached hydrogens (tertiary/aromatic N) is 3. The Morgan fingerprint density at radius 2 is 2.30 bits per heavy atom. The number of carbonyl (C=O) groups is 1. The van der Waals surface area contributed by atoms with Gasteiger partial charge in [0, 0.05) is 17.5 Å². The summed E-state index contributed by atoms with van der Waals surface area (Å²) in [4.78, 5) is 14.5. The van der Waals surface area contributed by atoms with E-state index in [1.54, 1.807) is 0 Å². The zero-order valence-electron chi connectivity index (χ0n) is 11.0. The number of piperidine rings is 1. The molecule has 1 amide bonds. The van der Waals surface area contributed by atoms with Crippen LogP contribution in [-0.4, -0.2) is 31.3 Å². The predicted octanol–water partition coefficient (Wildman–Crippen LogP) is 1.95. The second-order valence-electron chi connectivity index (χ2n) is 4.58. The molecule has 106 valence electrons. The number of hydrogen-bond acceptors (Lipinski definition) is 4. The number of hydrogen-bond donors (Lipinski definition) is 2. The Labute approximate surface area is 116 Å². The molecule has 1 aliphatic rings. The molecule has 0 unspecified atom stereocenters. The number of carbonyl (C=O) groups excluding carboxylic acids is 1. The first-order valence-electron chi connectivity index (χ1n) is 6.51. The van der Waals surface area contributed by atoms with E-state index in [0.29, 0.717) is 13.0 Å². The molecule has 7 heteroatoms. The molecule has 0 spiro atoms. The van der Waals surface area contributed by atoms with Gasteiger partial charge in [-0.1, -0.05) is 35.4 Å². The Morgan fingerprint density at radius 3 is 3.05 bits per heavy atom. The van der Waals surface area contributed by atoms with Gasteiger partial charge in [0.1, 0.15) is 6.61 Å².